The van der Waals surface area contributed by atoms with Gasteiger partial charge in [-0.3, -0.25) is 0 Å². The van der Waals surface area contributed by atoms with Crippen molar-refractivity contribution in [3.63, 3.8) is 0 Å². The smallest absolute Gasteiger partial charge is 0.125 e. The van der Waals surface area contributed by atoms with Gasteiger partial charge in [-0.05, 0) is 101 Å². The largest absolute Gasteiger partial charge is 0.381 e. The third-order valence-corrected chi connectivity index (χ3v) is 8.67. The molecular formula is C26H48N4O2. The van der Waals surface area contributed by atoms with Crippen molar-refractivity contribution in [1.29, 1.82) is 0 Å². The molecule has 6 atom stereocenters. The van der Waals surface area contributed by atoms with E-state index in [4.69, 9.17) is 9.47 Å². The third kappa shape index (κ3) is 6.34. The Hall–Kier alpha value is -0.500. The zero-order valence-corrected chi connectivity index (χ0v) is 20.9. The number of nitrogens with one attached hydrogen (secondary N) is 4. The molecule has 1 saturated carbocycles. The fourth-order valence-corrected chi connectivity index (χ4v) is 6.50. The molecule has 2 aliphatic heterocycles. The minimum atomic E-state index is 0.113. The first-order valence-electron chi connectivity index (χ1n) is 13.4. The van der Waals surface area contributed by atoms with Crippen LogP contribution in [0.2, 0.25) is 0 Å². The van der Waals surface area contributed by atoms with Gasteiger partial charge in [0.25, 0.3) is 0 Å². The van der Waals surface area contributed by atoms with E-state index < -0.39 is 0 Å². The molecule has 0 spiro atoms. The first-order chi connectivity index (χ1) is 15.5. The van der Waals surface area contributed by atoms with E-state index in [-0.39, 0.29) is 12.5 Å². The van der Waals surface area contributed by atoms with Crippen LogP contribution in [0.5, 0.6) is 0 Å². The molecule has 0 aromatic heterocycles. The van der Waals surface area contributed by atoms with Crippen molar-refractivity contribution < 1.29 is 9.47 Å². The third-order valence-electron chi connectivity index (χ3n) is 8.67. The Morgan fingerprint density at radius 2 is 1.94 bits per heavy atom. The number of allylic oxidation sites excluding steroid dienone is 1. The maximum absolute atomic E-state index is 6.46. The Bertz CT molecular complexity index is 599. The van der Waals surface area contributed by atoms with Crippen molar-refractivity contribution >= 4 is 0 Å². The van der Waals surface area contributed by atoms with E-state index in [0.29, 0.717) is 35.9 Å². The molecule has 0 aromatic rings. The predicted molar refractivity (Wildman–Crippen MR) is 130 cm³/mol. The molecule has 4 N–H and O–H groups in total. The van der Waals surface area contributed by atoms with Crippen LogP contribution in [0.1, 0.15) is 78.6 Å². The Labute approximate surface area is 196 Å². The van der Waals surface area contributed by atoms with Crippen LogP contribution < -0.4 is 21.5 Å². The Balaban J connectivity index is 1.28. The Morgan fingerprint density at radius 1 is 1.12 bits per heavy atom. The number of hydrazine groups is 1. The highest BCUT2D eigenvalue weighted by Gasteiger charge is 2.37. The molecule has 2 heterocycles. The summed E-state index contributed by atoms with van der Waals surface area (Å²) in [6.45, 7) is 9.40. The minimum absolute atomic E-state index is 0.113. The molecule has 32 heavy (non-hydrogen) atoms. The molecule has 4 rings (SSSR count). The molecule has 0 radical (unpaired) electrons. The van der Waals surface area contributed by atoms with Gasteiger partial charge in [0.2, 0.25) is 0 Å². The molecule has 4 aliphatic rings. The van der Waals surface area contributed by atoms with Gasteiger partial charge >= 0.3 is 0 Å². The van der Waals surface area contributed by atoms with Crippen LogP contribution in [0.4, 0.5) is 0 Å². The lowest BCUT2D eigenvalue weighted by molar-refractivity contribution is -0.0342. The quantitative estimate of drug-likeness (QED) is 0.422. The number of hydrogen-bond acceptors (Lipinski definition) is 6. The van der Waals surface area contributed by atoms with Gasteiger partial charge in [0.15, 0.2) is 0 Å². The predicted octanol–water partition coefficient (Wildman–Crippen LogP) is 3.90. The second-order valence-corrected chi connectivity index (χ2v) is 11.2. The topological polar surface area (TPSA) is 66.6 Å². The summed E-state index contributed by atoms with van der Waals surface area (Å²) >= 11 is 0. The number of hydrogen-bond donors (Lipinski definition) is 4. The minimum Gasteiger partial charge on any atom is -0.381 e. The van der Waals surface area contributed by atoms with Crippen LogP contribution in [-0.4, -0.2) is 44.9 Å². The van der Waals surface area contributed by atoms with Crippen LogP contribution in [0, 0.1) is 29.6 Å². The Morgan fingerprint density at radius 3 is 2.62 bits per heavy atom. The van der Waals surface area contributed by atoms with Gasteiger partial charge < -0.3 is 20.1 Å². The summed E-state index contributed by atoms with van der Waals surface area (Å²) in [6.07, 6.45) is 14.7. The molecule has 0 bridgehead atoms. The van der Waals surface area contributed by atoms with Crippen LogP contribution in [-0.2, 0) is 9.47 Å². The highest BCUT2D eigenvalue weighted by Crippen LogP contribution is 2.40. The highest BCUT2D eigenvalue weighted by molar-refractivity contribution is 5.13. The fourth-order valence-electron chi connectivity index (χ4n) is 6.50. The average molecular weight is 449 g/mol. The highest BCUT2D eigenvalue weighted by atomic mass is 16.5. The van der Waals surface area contributed by atoms with Gasteiger partial charge in [-0.25, -0.2) is 10.9 Å². The summed E-state index contributed by atoms with van der Waals surface area (Å²) in [5, 5.41) is 7.46. The first-order valence-corrected chi connectivity index (χ1v) is 13.4. The standard InChI is InChI=1S/C26H48N4O2/c1-17(2)23-14-20(18(3)13-21(23)16-28-24-7-5-6-12-27-24)15-25-29-30-26(32-25)19-8-10-22(31-4)11-9-19/h13,17,19-30H,5-12,14-16H2,1-4H3. The fraction of sp³-hybridized carbons (Fsp3) is 0.923. The lowest BCUT2D eigenvalue weighted by Crippen LogP contribution is -2.48. The second kappa shape index (κ2) is 11.8. The number of methoxy groups -OCH3 is 1. The number of rotatable bonds is 8. The van der Waals surface area contributed by atoms with E-state index in [1.807, 2.05) is 7.11 Å². The summed E-state index contributed by atoms with van der Waals surface area (Å²) in [5.74, 6) is 3.26. The van der Waals surface area contributed by atoms with Crippen LogP contribution in [0.15, 0.2) is 11.6 Å². The van der Waals surface area contributed by atoms with E-state index in [2.05, 4.69) is 48.3 Å². The van der Waals surface area contributed by atoms with Crippen LogP contribution in [0.25, 0.3) is 0 Å². The van der Waals surface area contributed by atoms with Crippen molar-refractivity contribution in [2.75, 3.05) is 20.2 Å². The van der Waals surface area contributed by atoms with E-state index in [9.17, 15) is 0 Å². The molecule has 184 valence electrons. The van der Waals surface area contributed by atoms with Gasteiger partial charge in [0, 0.05) is 13.7 Å². The van der Waals surface area contributed by atoms with E-state index in [1.54, 1.807) is 5.57 Å². The van der Waals surface area contributed by atoms with Gasteiger partial charge in [0.05, 0.1) is 12.3 Å². The zero-order valence-electron chi connectivity index (χ0n) is 20.9. The summed E-state index contributed by atoms with van der Waals surface area (Å²) < 4.78 is 12.0. The van der Waals surface area contributed by atoms with E-state index >= 15 is 0 Å². The molecule has 6 nitrogen and oxygen atoms in total. The molecule has 6 unspecified atom stereocenters. The van der Waals surface area contributed by atoms with Crippen molar-refractivity contribution in [1.82, 2.24) is 21.5 Å². The average Bonchev–Trinajstić information content (AvgIpc) is 3.28. The molecule has 6 heteroatoms. The zero-order chi connectivity index (χ0) is 22.5. The van der Waals surface area contributed by atoms with Gasteiger partial charge in [-0.2, -0.15) is 0 Å². The SMILES string of the molecule is COC1CCC(C2NNC(CC3CC(C(C)C)C(CNC4CCCCN4)C=C3C)O2)CC1. The molecular weight excluding hydrogens is 400 g/mol. The Kier molecular flexibility index (Phi) is 9.05. The normalized spacial score (nSPS) is 41.1. The van der Waals surface area contributed by atoms with Crippen molar-refractivity contribution in [3.8, 4) is 0 Å². The summed E-state index contributed by atoms with van der Waals surface area (Å²) in [4.78, 5) is 0. The van der Waals surface area contributed by atoms with Crippen molar-refractivity contribution in [2.24, 2.45) is 29.6 Å². The maximum Gasteiger partial charge on any atom is 0.125 e. The van der Waals surface area contributed by atoms with Gasteiger partial charge in [-0.15, -0.1) is 0 Å². The molecule has 2 aliphatic carbocycles. The van der Waals surface area contributed by atoms with Crippen LogP contribution in [0.3, 0.4) is 0 Å². The number of piperidine rings is 1. The van der Waals surface area contributed by atoms with Gasteiger partial charge in [-0.1, -0.05) is 25.5 Å². The second-order valence-electron chi connectivity index (χ2n) is 11.2. The molecule has 0 aromatic carbocycles. The summed E-state index contributed by atoms with van der Waals surface area (Å²) in [5.41, 5.74) is 8.49. The lowest BCUT2D eigenvalue weighted by atomic mass is 9.69. The van der Waals surface area contributed by atoms with Gasteiger partial charge in [0.1, 0.15) is 12.5 Å². The van der Waals surface area contributed by atoms with Crippen molar-refractivity contribution in [2.45, 2.75) is 103 Å². The monoisotopic (exact) mass is 448 g/mol. The van der Waals surface area contributed by atoms with Crippen LogP contribution >= 0.6 is 0 Å². The molecule has 2 saturated heterocycles. The maximum atomic E-state index is 6.46. The first kappa shape index (κ1) is 24.6. The summed E-state index contributed by atoms with van der Waals surface area (Å²) in [7, 11) is 1.84. The summed E-state index contributed by atoms with van der Waals surface area (Å²) in [6, 6.07) is 0. The lowest BCUT2D eigenvalue weighted by Gasteiger charge is -2.39. The molecule has 0 amide bonds. The molecule has 3 fully saturated rings. The number of ether oxygens (including phenoxy) is 2. The van der Waals surface area contributed by atoms with E-state index in [0.717, 1.165) is 38.3 Å². The van der Waals surface area contributed by atoms with Crippen molar-refractivity contribution in [3.05, 3.63) is 11.6 Å². The van der Waals surface area contributed by atoms with E-state index in [1.165, 1.54) is 38.5 Å².